The smallest absolute Gasteiger partial charge is 0.119 e. The Kier molecular flexibility index (Phi) is 4.12. The van der Waals surface area contributed by atoms with Gasteiger partial charge in [0.05, 0.1) is 5.54 Å². The first-order valence-electron chi connectivity index (χ1n) is 8.35. The molecule has 1 atom stereocenters. The maximum Gasteiger partial charge on any atom is 0.119 e. The van der Waals surface area contributed by atoms with E-state index >= 15 is 0 Å². The van der Waals surface area contributed by atoms with E-state index in [9.17, 15) is 0 Å². The number of hydrogen-bond acceptors (Lipinski definition) is 3. The van der Waals surface area contributed by atoms with Crippen LogP contribution in [0.25, 0.3) is 0 Å². The van der Waals surface area contributed by atoms with Crippen LogP contribution in [-0.2, 0) is 6.42 Å². The van der Waals surface area contributed by atoms with Gasteiger partial charge < -0.3 is 10.1 Å². The SMILES string of the molecule is CC(C)N1CCCC1(C)COc1ccc2c(c1)CCCN2. The summed E-state index contributed by atoms with van der Waals surface area (Å²) in [5, 5.41) is 3.45. The maximum atomic E-state index is 6.17. The van der Waals surface area contributed by atoms with Crippen LogP contribution in [0.5, 0.6) is 5.75 Å². The molecule has 3 rings (SSSR count). The summed E-state index contributed by atoms with van der Waals surface area (Å²) in [6, 6.07) is 7.09. The summed E-state index contributed by atoms with van der Waals surface area (Å²) >= 11 is 0. The third-order valence-electron chi connectivity index (χ3n) is 5.00. The second-order valence-corrected chi connectivity index (χ2v) is 7.03. The van der Waals surface area contributed by atoms with Gasteiger partial charge >= 0.3 is 0 Å². The Bertz CT molecular complexity index is 500. The first-order valence-corrected chi connectivity index (χ1v) is 8.35. The lowest BCUT2D eigenvalue weighted by molar-refractivity contribution is 0.0664. The van der Waals surface area contributed by atoms with E-state index in [0.717, 1.165) is 25.3 Å². The Balaban J connectivity index is 1.67. The second-order valence-electron chi connectivity index (χ2n) is 7.03. The predicted molar refractivity (Wildman–Crippen MR) is 88.2 cm³/mol. The van der Waals surface area contributed by atoms with Crippen LogP contribution in [0.3, 0.4) is 0 Å². The van der Waals surface area contributed by atoms with Crippen molar-refractivity contribution in [3.05, 3.63) is 23.8 Å². The fourth-order valence-corrected chi connectivity index (χ4v) is 3.86. The Hall–Kier alpha value is -1.22. The van der Waals surface area contributed by atoms with Crippen molar-refractivity contribution < 1.29 is 4.74 Å². The van der Waals surface area contributed by atoms with E-state index < -0.39 is 0 Å². The summed E-state index contributed by atoms with van der Waals surface area (Å²) in [4.78, 5) is 2.59. The van der Waals surface area contributed by atoms with Crippen LogP contribution in [0.4, 0.5) is 5.69 Å². The molecule has 1 aromatic carbocycles. The summed E-state index contributed by atoms with van der Waals surface area (Å²) in [7, 11) is 0. The summed E-state index contributed by atoms with van der Waals surface area (Å²) in [6.45, 7) is 10.00. The fourth-order valence-electron chi connectivity index (χ4n) is 3.86. The minimum Gasteiger partial charge on any atom is -0.492 e. The number of likely N-dealkylation sites (tertiary alicyclic amines) is 1. The van der Waals surface area contributed by atoms with Gasteiger partial charge in [-0.15, -0.1) is 0 Å². The van der Waals surface area contributed by atoms with Gasteiger partial charge in [-0.05, 0) is 76.8 Å². The van der Waals surface area contributed by atoms with E-state index in [0.29, 0.717) is 6.04 Å². The summed E-state index contributed by atoms with van der Waals surface area (Å²) < 4.78 is 6.17. The molecule has 0 saturated carbocycles. The Morgan fingerprint density at radius 3 is 3.00 bits per heavy atom. The standard InChI is InChI=1S/C18H28N2O/c1-14(2)20-11-5-9-18(20,3)13-21-16-7-8-17-15(12-16)6-4-10-19-17/h7-8,12,14,19H,4-6,9-11,13H2,1-3H3. The van der Waals surface area contributed by atoms with E-state index in [1.165, 1.54) is 37.1 Å². The lowest BCUT2D eigenvalue weighted by Crippen LogP contribution is -2.49. The lowest BCUT2D eigenvalue weighted by Gasteiger charge is -2.38. The zero-order valence-electron chi connectivity index (χ0n) is 13.6. The number of anilines is 1. The van der Waals surface area contributed by atoms with Gasteiger partial charge in [-0.2, -0.15) is 0 Å². The van der Waals surface area contributed by atoms with Gasteiger partial charge in [0, 0.05) is 18.3 Å². The molecule has 0 bridgehead atoms. The summed E-state index contributed by atoms with van der Waals surface area (Å²) in [5.74, 6) is 1.02. The van der Waals surface area contributed by atoms with Gasteiger partial charge in [-0.25, -0.2) is 0 Å². The number of rotatable bonds is 4. The molecule has 1 N–H and O–H groups in total. The fraction of sp³-hybridized carbons (Fsp3) is 0.667. The predicted octanol–water partition coefficient (Wildman–Crippen LogP) is 3.69. The number of nitrogens with zero attached hydrogens (tertiary/aromatic N) is 1. The quantitative estimate of drug-likeness (QED) is 0.914. The van der Waals surface area contributed by atoms with Crippen molar-refractivity contribution in [2.24, 2.45) is 0 Å². The van der Waals surface area contributed by atoms with E-state index in [1.807, 2.05) is 0 Å². The third kappa shape index (κ3) is 3.03. The molecule has 3 heteroatoms. The topological polar surface area (TPSA) is 24.5 Å². The molecule has 0 aromatic heterocycles. The highest BCUT2D eigenvalue weighted by Gasteiger charge is 2.38. The van der Waals surface area contributed by atoms with E-state index in [2.05, 4.69) is 49.2 Å². The molecule has 2 heterocycles. The van der Waals surface area contributed by atoms with Gasteiger partial charge in [-0.1, -0.05) is 0 Å². The largest absolute Gasteiger partial charge is 0.492 e. The average Bonchev–Trinajstić information content (AvgIpc) is 2.87. The average molecular weight is 288 g/mol. The van der Waals surface area contributed by atoms with Gasteiger partial charge in [0.25, 0.3) is 0 Å². The second kappa shape index (κ2) is 5.88. The molecule has 0 spiro atoms. The molecule has 1 aromatic rings. The monoisotopic (exact) mass is 288 g/mol. The van der Waals surface area contributed by atoms with Crippen LogP contribution in [0, 0.1) is 0 Å². The maximum absolute atomic E-state index is 6.17. The molecule has 1 unspecified atom stereocenters. The van der Waals surface area contributed by atoms with Crippen molar-refractivity contribution in [2.75, 3.05) is 25.0 Å². The van der Waals surface area contributed by atoms with E-state index in [1.54, 1.807) is 0 Å². The Morgan fingerprint density at radius 2 is 2.19 bits per heavy atom. The molecule has 1 fully saturated rings. The molecule has 2 aliphatic heterocycles. The highest BCUT2D eigenvalue weighted by molar-refractivity contribution is 5.55. The van der Waals surface area contributed by atoms with Gasteiger partial charge in [0.1, 0.15) is 12.4 Å². The molecular formula is C18H28N2O. The molecule has 116 valence electrons. The van der Waals surface area contributed by atoms with Gasteiger partial charge in [0.15, 0.2) is 0 Å². The van der Waals surface area contributed by atoms with Gasteiger partial charge in [-0.3, -0.25) is 4.90 Å². The third-order valence-corrected chi connectivity index (χ3v) is 5.00. The molecule has 21 heavy (non-hydrogen) atoms. The first kappa shape index (κ1) is 14.7. The van der Waals surface area contributed by atoms with E-state index in [-0.39, 0.29) is 5.54 Å². The number of ether oxygens (including phenoxy) is 1. The van der Waals surface area contributed by atoms with Crippen LogP contribution in [-0.4, -0.2) is 36.2 Å². The Morgan fingerprint density at radius 1 is 1.33 bits per heavy atom. The van der Waals surface area contributed by atoms with Crippen LogP contribution in [0.15, 0.2) is 18.2 Å². The van der Waals surface area contributed by atoms with Crippen molar-refractivity contribution in [2.45, 2.75) is 58.0 Å². The first-order chi connectivity index (χ1) is 10.1. The Labute approximate surface area is 128 Å². The van der Waals surface area contributed by atoms with Crippen molar-refractivity contribution in [3.8, 4) is 5.75 Å². The minimum absolute atomic E-state index is 0.183. The van der Waals surface area contributed by atoms with Crippen molar-refractivity contribution in [3.63, 3.8) is 0 Å². The van der Waals surface area contributed by atoms with Gasteiger partial charge in [0.2, 0.25) is 0 Å². The van der Waals surface area contributed by atoms with Crippen molar-refractivity contribution in [1.82, 2.24) is 4.90 Å². The zero-order valence-corrected chi connectivity index (χ0v) is 13.6. The van der Waals surface area contributed by atoms with Crippen molar-refractivity contribution in [1.29, 1.82) is 0 Å². The number of nitrogens with one attached hydrogen (secondary N) is 1. The normalized spacial score (nSPS) is 25.7. The molecule has 3 nitrogen and oxygen atoms in total. The minimum atomic E-state index is 0.183. The van der Waals surface area contributed by atoms with Crippen LogP contribution >= 0.6 is 0 Å². The molecule has 0 radical (unpaired) electrons. The zero-order chi connectivity index (χ0) is 14.9. The van der Waals surface area contributed by atoms with E-state index in [4.69, 9.17) is 4.74 Å². The molecule has 2 aliphatic rings. The molecule has 0 amide bonds. The molecular weight excluding hydrogens is 260 g/mol. The summed E-state index contributed by atoms with van der Waals surface area (Å²) in [6.07, 6.45) is 4.90. The summed E-state index contributed by atoms with van der Waals surface area (Å²) in [5.41, 5.74) is 2.86. The van der Waals surface area contributed by atoms with Crippen LogP contribution in [0.1, 0.15) is 45.6 Å². The number of fused-ring (bicyclic) bond motifs is 1. The molecule has 1 saturated heterocycles. The molecule has 0 aliphatic carbocycles. The van der Waals surface area contributed by atoms with Crippen molar-refractivity contribution >= 4 is 5.69 Å². The van der Waals surface area contributed by atoms with Crippen LogP contribution in [0.2, 0.25) is 0 Å². The highest BCUT2D eigenvalue weighted by Crippen LogP contribution is 2.32. The number of aryl methyl sites for hydroxylation is 1. The number of hydrogen-bond donors (Lipinski definition) is 1. The highest BCUT2D eigenvalue weighted by atomic mass is 16.5. The van der Waals surface area contributed by atoms with Crippen LogP contribution < -0.4 is 10.1 Å². The number of benzene rings is 1. The lowest BCUT2D eigenvalue weighted by atomic mass is 9.99.